The van der Waals surface area contributed by atoms with Crippen molar-refractivity contribution in [1.82, 2.24) is 4.98 Å². The van der Waals surface area contributed by atoms with Crippen LogP contribution in [0.3, 0.4) is 0 Å². The highest BCUT2D eigenvalue weighted by atomic mass is 32.1. The van der Waals surface area contributed by atoms with E-state index < -0.39 is 0 Å². The zero-order valence-corrected chi connectivity index (χ0v) is 16.2. The monoisotopic (exact) mass is 367 g/mol. The highest BCUT2D eigenvalue weighted by molar-refractivity contribution is 7.19. The van der Waals surface area contributed by atoms with Gasteiger partial charge in [-0.15, -0.1) is 11.3 Å². The molecule has 0 atom stereocenters. The molecular formula is C21H21NO3S. The van der Waals surface area contributed by atoms with Gasteiger partial charge in [-0.3, -0.25) is 0 Å². The summed E-state index contributed by atoms with van der Waals surface area (Å²) in [5, 5.41) is 0.747. The maximum atomic E-state index is 5.85. The summed E-state index contributed by atoms with van der Waals surface area (Å²) in [7, 11) is 3.26. The Morgan fingerprint density at radius 3 is 2.62 bits per heavy atom. The van der Waals surface area contributed by atoms with Gasteiger partial charge in [0.2, 0.25) is 0 Å². The van der Waals surface area contributed by atoms with Gasteiger partial charge in [0.15, 0.2) is 5.01 Å². The Morgan fingerprint density at radius 2 is 1.88 bits per heavy atom. The maximum Gasteiger partial charge on any atom is 0.168 e. The Morgan fingerprint density at radius 1 is 1.04 bits per heavy atom. The molecule has 5 heteroatoms. The number of methoxy groups -OCH3 is 2. The number of aryl methyl sites for hydroxylation is 1. The molecule has 1 aromatic heterocycles. The normalized spacial score (nSPS) is 10.3. The molecule has 0 radical (unpaired) electrons. The lowest BCUT2D eigenvalue weighted by atomic mass is 10.2. The van der Waals surface area contributed by atoms with Crippen molar-refractivity contribution in [2.45, 2.75) is 20.3 Å². The summed E-state index contributed by atoms with van der Waals surface area (Å²) in [5.74, 6) is 8.57. The first kappa shape index (κ1) is 18.1. The molecule has 0 aliphatic heterocycles. The first-order valence-corrected chi connectivity index (χ1v) is 9.24. The van der Waals surface area contributed by atoms with Gasteiger partial charge in [-0.1, -0.05) is 12.8 Å². The number of hydrogen-bond acceptors (Lipinski definition) is 5. The summed E-state index contributed by atoms with van der Waals surface area (Å²) in [6.45, 7) is 4.83. The van der Waals surface area contributed by atoms with Gasteiger partial charge in [0.25, 0.3) is 0 Å². The Hall–Kier alpha value is -2.71. The Balaban J connectivity index is 1.99. The lowest BCUT2D eigenvalue weighted by molar-refractivity contribution is 0.320. The molecule has 3 rings (SSSR count). The molecule has 1 heterocycles. The van der Waals surface area contributed by atoms with Gasteiger partial charge >= 0.3 is 0 Å². The summed E-state index contributed by atoms with van der Waals surface area (Å²) in [5.41, 5.74) is 2.79. The van der Waals surface area contributed by atoms with Crippen LogP contribution in [0.2, 0.25) is 0 Å². The zero-order valence-electron chi connectivity index (χ0n) is 15.4. The topological polar surface area (TPSA) is 40.6 Å². The van der Waals surface area contributed by atoms with Crippen molar-refractivity contribution in [3.05, 3.63) is 46.5 Å². The van der Waals surface area contributed by atoms with Crippen LogP contribution in [0.25, 0.3) is 10.2 Å². The number of ether oxygens (including phenoxy) is 3. The number of aromatic nitrogens is 1. The van der Waals surface area contributed by atoms with Gasteiger partial charge in [-0.2, -0.15) is 0 Å². The standard InChI is InChI=1S/C21H21NO3S/c1-5-10-25-18-11-14(2)12-19-21(18)22-20(26-19)9-6-15-13-16(23-3)7-8-17(15)24-4/h7-8,11-13H,5,10H2,1-4H3. The lowest BCUT2D eigenvalue weighted by Gasteiger charge is -2.05. The fraction of sp³-hybridized carbons (Fsp3) is 0.286. The molecule has 0 unspecified atom stereocenters. The molecule has 0 amide bonds. The second-order valence-electron chi connectivity index (χ2n) is 5.79. The van der Waals surface area contributed by atoms with Crippen LogP contribution in [0.15, 0.2) is 30.3 Å². The number of benzene rings is 2. The second-order valence-corrected chi connectivity index (χ2v) is 6.82. The molecular weight excluding hydrogens is 346 g/mol. The number of thiazole rings is 1. The average molecular weight is 367 g/mol. The predicted octanol–water partition coefficient (Wildman–Crippen LogP) is 4.81. The first-order valence-electron chi connectivity index (χ1n) is 8.42. The molecule has 134 valence electrons. The van der Waals surface area contributed by atoms with Crippen molar-refractivity contribution >= 4 is 21.6 Å². The van der Waals surface area contributed by atoms with Crippen LogP contribution in [0, 0.1) is 18.8 Å². The van der Waals surface area contributed by atoms with Crippen molar-refractivity contribution in [3.63, 3.8) is 0 Å². The minimum atomic E-state index is 0.679. The molecule has 26 heavy (non-hydrogen) atoms. The SMILES string of the molecule is CCCOc1cc(C)cc2sc(C#Cc3cc(OC)ccc3OC)nc12. The number of rotatable bonds is 5. The third-order valence-corrected chi connectivity index (χ3v) is 4.69. The van der Waals surface area contributed by atoms with E-state index in [0.29, 0.717) is 12.4 Å². The predicted molar refractivity (Wildman–Crippen MR) is 106 cm³/mol. The smallest absolute Gasteiger partial charge is 0.168 e. The summed E-state index contributed by atoms with van der Waals surface area (Å²) in [4.78, 5) is 4.67. The van der Waals surface area contributed by atoms with E-state index in [1.54, 1.807) is 25.6 Å². The minimum Gasteiger partial charge on any atom is -0.497 e. The number of fused-ring (bicyclic) bond motifs is 1. The molecule has 0 aliphatic rings. The van der Waals surface area contributed by atoms with E-state index in [0.717, 1.165) is 44.3 Å². The molecule has 3 aromatic rings. The molecule has 0 spiro atoms. The number of nitrogens with zero attached hydrogens (tertiary/aromatic N) is 1. The number of hydrogen-bond donors (Lipinski definition) is 0. The second kappa shape index (κ2) is 8.11. The lowest BCUT2D eigenvalue weighted by Crippen LogP contribution is -1.96. The third kappa shape index (κ3) is 3.92. The molecule has 0 saturated carbocycles. The van der Waals surface area contributed by atoms with Crippen LogP contribution in [-0.2, 0) is 0 Å². The highest BCUT2D eigenvalue weighted by Crippen LogP contribution is 2.31. The molecule has 0 fully saturated rings. The van der Waals surface area contributed by atoms with Gasteiger partial charge in [0, 0.05) is 0 Å². The van der Waals surface area contributed by atoms with Crippen molar-refractivity contribution < 1.29 is 14.2 Å². The third-order valence-electron chi connectivity index (χ3n) is 3.78. The summed E-state index contributed by atoms with van der Waals surface area (Å²) in [6.07, 6.45) is 0.960. The highest BCUT2D eigenvalue weighted by Gasteiger charge is 2.10. The van der Waals surface area contributed by atoms with Gasteiger partial charge in [-0.05, 0) is 55.2 Å². The molecule has 0 N–H and O–H groups in total. The van der Waals surface area contributed by atoms with Crippen LogP contribution in [0.4, 0.5) is 0 Å². The fourth-order valence-electron chi connectivity index (χ4n) is 2.54. The fourth-order valence-corrected chi connectivity index (χ4v) is 3.47. The Bertz CT molecular complexity index is 982. The average Bonchev–Trinajstić information content (AvgIpc) is 3.06. The van der Waals surface area contributed by atoms with E-state index in [2.05, 4.69) is 36.7 Å². The molecule has 0 bridgehead atoms. The Labute approximate surface area is 157 Å². The molecule has 0 aliphatic carbocycles. The van der Waals surface area contributed by atoms with E-state index in [-0.39, 0.29) is 0 Å². The van der Waals surface area contributed by atoms with Crippen molar-refractivity contribution in [1.29, 1.82) is 0 Å². The maximum absolute atomic E-state index is 5.85. The summed E-state index contributed by atoms with van der Waals surface area (Å²) in [6, 6.07) is 9.70. The first-order chi connectivity index (χ1) is 12.6. The summed E-state index contributed by atoms with van der Waals surface area (Å²) >= 11 is 1.56. The van der Waals surface area contributed by atoms with Gasteiger partial charge in [0.1, 0.15) is 22.8 Å². The summed E-state index contributed by atoms with van der Waals surface area (Å²) < 4.78 is 17.6. The van der Waals surface area contributed by atoms with E-state index in [4.69, 9.17) is 14.2 Å². The van der Waals surface area contributed by atoms with Crippen LogP contribution < -0.4 is 14.2 Å². The van der Waals surface area contributed by atoms with Gasteiger partial charge in [-0.25, -0.2) is 4.98 Å². The molecule has 2 aromatic carbocycles. The van der Waals surface area contributed by atoms with Crippen molar-refractivity contribution in [2.75, 3.05) is 20.8 Å². The Kier molecular flexibility index (Phi) is 5.65. The van der Waals surface area contributed by atoms with Crippen molar-refractivity contribution in [2.24, 2.45) is 0 Å². The molecule has 4 nitrogen and oxygen atoms in total. The van der Waals surface area contributed by atoms with Crippen LogP contribution in [0.1, 0.15) is 29.5 Å². The minimum absolute atomic E-state index is 0.679. The van der Waals surface area contributed by atoms with Crippen molar-refractivity contribution in [3.8, 4) is 29.1 Å². The van der Waals surface area contributed by atoms with E-state index in [1.807, 2.05) is 24.3 Å². The van der Waals surface area contributed by atoms with Crippen LogP contribution in [0.5, 0.6) is 17.2 Å². The quantitative estimate of drug-likeness (QED) is 0.607. The molecule has 0 saturated heterocycles. The van der Waals surface area contributed by atoms with Crippen LogP contribution in [-0.4, -0.2) is 25.8 Å². The van der Waals surface area contributed by atoms with Gasteiger partial charge in [0.05, 0.1) is 31.1 Å². The zero-order chi connectivity index (χ0) is 18.5. The largest absolute Gasteiger partial charge is 0.497 e. The van der Waals surface area contributed by atoms with Crippen LogP contribution >= 0.6 is 11.3 Å². The van der Waals surface area contributed by atoms with Gasteiger partial charge < -0.3 is 14.2 Å². The van der Waals surface area contributed by atoms with E-state index >= 15 is 0 Å². The van der Waals surface area contributed by atoms with E-state index in [1.165, 1.54) is 0 Å². The van der Waals surface area contributed by atoms with E-state index in [9.17, 15) is 0 Å².